The van der Waals surface area contributed by atoms with Crippen LogP contribution in [0.4, 0.5) is 5.82 Å². The van der Waals surface area contributed by atoms with Crippen molar-refractivity contribution in [2.45, 2.75) is 69.8 Å². The molecule has 0 unspecified atom stereocenters. The predicted molar refractivity (Wildman–Crippen MR) is 127 cm³/mol. The van der Waals surface area contributed by atoms with Crippen LogP contribution in [0.25, 0.3) is 0 Å². The van der Waals surface area contributed by atoms with Crippen LogP contribution in [0.2, 0.25) is 0 Å². The molecule has 3 aliphatic heterocycles. The summed E-state index contributed by atoms with van der Waals surface area (Å²) in [5.74, 6) is 0.851. The van der Waals surface area contributed by atoms with Gasteiger partial charge in [0.05, 0.1) is 0 Å². The lowest BCUT2D eigenvalue weighted by Gasteiger charge is -2.37. The van der Waals surface area contributed by atoms with E-state index in [-0.39, 0.29) is 17.8 Å². The van der Waals surface area contributed by atoms with E-state index in [0.717, 1.165) is 63.5 Å². The Bertz CT molecular complexity index is 868. The second kappa shape index (κ2) is 9.61. The Hall–Kier alpha value is -2.15. The number of nitrogens with zero attached hydrogens (tertiary/aromatic N) is 4. The van der Waals surface area contributed by atoms with Gasteiger partial charge < -0.3 is 19.4 Å². The highest BCUT2D eigenvalue weighted by molar-refractivity contribution is 5.93. The quantitative estimate of drug-likeness (QED) is 0.634. The SMILES string of the molecule is CN(CCN1CCCCC1)C(=O)[C@H]1CC[C@@]2(CC1)OC(=O)c1nc(N3CCCCC3)ccc12. The molecular formula is C26H38N4O3. The predicted octanol–water partition coefficient (Wildman–Crippen LogP) is 3.57. The Labute approximate surface area is 197 Å². The standard InChI is InChI=1S/C26H38N4O3/c1-28(18-19-29-14-4-2-5-15-29)24(31)20-10-12-26(13-11-20)21-8-9-22(27-23(21)25(32)33-26)30-16-6-3-7-17-30/h8-9,20H,2-7,10-19H2,1H3/t20-,26-. The molecular weight excluding hydrogens is 416 g/mol. The molecule has 5 rings (SSSR count). The van der Waals surface area contributed by atoms with Gasteiger partial charge in [0, 0.05) is 44.7 Å². The third-order valence-electron chi connectivity index (χ3n) is 8.25. The summed E-state index contributed by atoms with van der Waals surface area (Å²) in [7, 11) is 1.94. The zero-order chi connectivity index (χ0) is 22.8. The van der Waals surface area contributed by atoms with Crippen LogP contribution in [0, 0.1) is 5.92 Å². The van der Waals surface area contributed by atoms with E-state index in [1.165, 1.54) is 38.5 Å². The Kier molecular flexibility index (Phi) is 6.59. The number of aromatic nitrogens is 1. The molecule has 180 valence electrons. The average molecular weight is 455 g/mol. The van der Waals surface area contributed by atoms with Crippen molar-refractivity contribution in [2.24, 2.45) is 5.92 Å². The smallest absolute Gasteiger partial charge is 0.358 e. The van der Waals surface area contributed by atoms with Gasteiger partial charge in [0.1, 0.15) is 11.4 Å². The van der Waals surface area contributed by atoms with Crippen LogP contribution in [0.1, 0.15) is 80.3 Å². The van der Waals surface area contributed by atoms with Crippen molar-refractivity contribution in [3.8, 4) is 0 Å². The number of hydrogen-bond acceptors (Lipinski definition) is 6. The summed E-state index contributed by atoms with van der Waals surface area (Å²) in [6.45, 7) is 6.08. The molecule has 7 heteroatoms. The molecule has 0 bridgehead atoms. The molecule has 1 saturated carbocycles. The fraction of sp³-hybridized carbons (Fsp3) is 0.731. The molecule has 0 N–H and O–H groups in total. The molecule has 3 fully saturated rings. The van der Waals surface area contributed by atoms with Crippen LogP contribution in [-0.2, 0) is 15.1 Å². The van der Waals surface area contributed by atoms with E-state index >= 15 is 0 Å². The molecule has 1 aromatic heterocycles. The van der Waals surface area contributed by atoms with Gasteiger partial charge in [0.2, 0.25) is 5.91 Å². The van der Waals surface area contributed by atoms with Gasteiger partial charge in [-0.3, -0.25) is 4.79 Å². The molecule has 1 aromatic rings. The summed E-state index contributed by atoms with van der Waals surface area (Å²) in [5, 5.41) is 0. The number of likely N-dealkylation sites (tertiary alicyclic amines) is 1. The number of piperidine rings is 2. The molecule has 0 aromatic carbocycles. The molecule has 1 spiro atoms. The molecule has 1 amide bonds. The van der Waals surface area contributed by atoms with E-state index in [4.69, 9.17) is 9.72 Å². The van der Waals surface area contributed by atoms with Crippen molar-refractivity contribution in [1.29, 1.82) is 0 Å². The summed E-state index contributed by atoms with van der Waals surface area (Å²) in [6, 6.07) is 4.11. The summed E-state index contributed by atoms with van der Waals surface area (Å²) in [4.78, 5) is 37.2. The van der Waals surface area contributed by atoms with Crippen molar-refractivity contribution in [3.63, 3.8) is 0 Å². The number of pyridine rings is 1. The van der Waals surface area contributed by atoms with Crippen molar-refractivity contribution < 1.29 is 14.3 Å². The first-order valence-corrected chi connectivity index (χ1v) is 13.0. The van der Waals surface area contributed by atoms with Crippen molar-refractivity contribution in [1.82, 2.24) is 14.8 Å². The number of amides is 1. The van der Waals surface area contributed by atoms with Gasteiger partial charge in [-0.15, -0.1) is 0 Å². The largest absolute Gasteiger partial charge is 0.449 e. The summed E-state index contributed by atoms with van der Waals surface area (Å²) < 4.78 is 5.97. The third-order valence-corrected chi connectivity index (χ3v) is 8.25. The summed E-state index contributed by atoms with van der Waals surface area (Å²) in [5.41, 5.74) is 0.822. The highest BCUT2D eigenvalue weighted by Crippen LogP contribution is 2.48. The Morgan fingerprint density at radius 1 is 1.06 bits per heavy atom. The van der Waals surface area contributed by atoms with Gasteiger partial charge in [-0.25, -0.2) is 9.78 Å². The molecule has 33 heavy (non-hydrogen) atoms. The topological polar surface area (TPSA) is 66.0 Å². The second-order valence-corrected chi connectivity index (χ2v) is 10.4. The fourth-order valence-corrected chi connectivity index (χ4v) is 6.15. The van der Waals surface area contributed by atoms with Crippen molar-refractivity contribution >= 4 is 17.7 Å². The number of anilines is 1. The minimum atomic E-state index is -0.594. The number of likely N-dealkylation sites (N-methyl/N-ethyl adjacent to an activating group) is 1. The number of fused-ring (bicyclic) bond motifs is 2. The molecule has 4 aliphatic rings. The van der Waals surface area contributed by atoms with E-state index in [0.29, 0.717) is 18.5 Å². The van der Waals surface area contributed by atoms with E-state index in [1.54, 1.807) is 0 Å². The number of hydrogen-bond donors (Lipinski definition) is 0. The highest BCUT2D eigenvalue weighted by Gasteiger charge is 2.49. The van der Waals surface area contributed by atoms with Gasteiger partial charge in [-0.05, 0) is 83.0 Å². The summed E-state index contributed by atoms with van der Waals surface area (Å²) in [6.07, 6.45) is 10.4. The molecule has 1 aliphatic carbocycles. The van der Waals surface area contributed by atoms with Crippen molar-refractivity contribution in [2.75, 3.05) is 51.2 Å². The lowest BCUT2D eigenvalue weighted by atomic mass is 9.75. The average Bonchev–Trinajstić information content (AvgIpc) is 3.14. The maximum atomic E-state index is 13.1. The number of carbonyl (C=O) groups excluding carboxylic acids is 2. The number of rotatable bonds is 5. The second-order valence-electron chi connectivity index (χ2n) is 10.4. The van der Waals surface area contributed by atoms with Gasteiger partial charge >= 0.3 is 5.97 Å². The minimum absolute atomic E-state index is 0.0188. The normalized spacial score (nSPS) is 28.0. The maximum absolute atomic E-state index is 13.1. The third kappa shape index (κ3) is 4.61. The number of ether oxygens (including phenoxy) is 1. The maximum Gasteiger partial charge on any atom is 0.358 e. The molecule has 7 nitrogen and oxygen atoms in total. The van der Waals surface area contributed by atoms with Crippen LogP contribution in [-0.4, -0.2) is 73.0 Å². The van der Waals surface area contributed by atoms with Crippen molar-refractivity contribution in [3.05, 3.63) is 23.4 Å². The molecule has 0 atom stereocenters. The first-order chi connectivity index (χ1) is 16.1. The minimum Gasteiger partial charge on any atom is -0.449 e. The lowest BCUT2D eigenvalue weighted by Crippen LogP contribution is -2.43. The van der Waals surface area contributed by atoms with Gasteiger partial charge in [-0.1, -0.05) is 6.42 Å². The van der Waals surface area contributed by atoms with Crippen LogP contribution in [0.5, 0.6) is 0 Å². The van der Waals surface area contributed by atoms with Gasteiger partial charge in [-0.2, -0.15) is 0 Å². The first-order valence-electron chi connectivity index (χ1n) is 13.0. The number of esters is 1. The lowest BCUT2D eigenvalue weighted by molar-refractivity contribution is -0.137. The number of carbonyl (C=O) groups is 2. The Morgan fingerprint density at radius 3 is 2.42 bits per heavy atom. The zero-order valence-electron chi connectivity index (χ0n) is 20.1. The van der Waals surface area contributed by atoms with E-state index in [9.17, 15) is 9.59 Å². The van der Waals surface area contributed by atoms with E-state index < -0.39 is 5.60 Å². The van der Waals surface area contributed by atoms with Gasteiger partial charge in [0.25, 0.3) is 0 Å². The van der Waals surface area contributed by atoms with Gasteiger partial charge in [0.15, 0.2) is 5.69 Å². The fourth-order valence-electron chi connectivity index (χ4n) is 6.15. The monoisotopic (exact) mass is 454 g/mol. The Balaban J connectivity index is 1.20. The van der Waals surface area contributed by atoms with E-state index in [2.05, 4.69) is 21.9 Å². The van der Waals surface area contributed by atoms with E-state index in [1.807, 2.05) is 11.9 Å². The van der Waals surface area contributed by atoms with Crippen LogP contribution >= 0.6 is 0 Å². The first kappa shape index (κ1) is 22.6. The molecule has 2 saturated heterocycles. The van der Waals surface area contributed by atoms with Crippen LogP contribution < -0.4 is 4.90 Å². The van der Waals surface area contributed by atoms with Crippen LogP contribution in [0.3, 0.4) is 0 Å². The molecule has 4 heterocycles. The highest BCUT2D eigenvalue weighted by atomic mass is 16.6. The summed E-state index contributed by atoms with van der Waals surface area (Å²) >= 11 is 0. The van der Waals surface area contributed by atoms with Crippen LogP contribution in [0.15, 0.2) is 12.1 Å². The zero-order valence-corrected chi connectivity index (χ0v) is 20.1. The Morgan fingerprint density at radius 2 is 1.73 bits per heavy atom. The molecule has 0 radical (unpaired) electrons.